The second-order valence-corrected chi connectivity index (χ2v) is 5.21. The summed E-state index contributed by atoms with van der Waals surface area (Å²) in [7, 11) is 1.53. The molecule has 1 aliphatic rings. The van der Waals surface area contributed by atoms with Crippen LogP contribution in [0.5, 0.6) is 5.75 Å². The number of carbonyl (C=O) groups is 1. The molecule has 1 saturated heterocycles. The number of carbonyl (C=O) groups excluding carboxylic acids is 1. The van der Waals surface area contributed by atoms with E-state index in [1.165, 1.54) is 7.11 Å². The second-order valence-electron chi connectivity index (χ2n) is 4.81. The number of rotatable bonds is 5. The molecule has 0 spiro atoms. The highest BCUT2D eigenvalue weighted by Crippen LogP contribution is 2.26. The summed E-state index contributed by atoms with van der Waals surface area (Å²) in [6, 6.07) is 6.71. The Morgan fingerprint density at radius 2 is 2.24 bits per heavy atom. The predicted molar refractivity (Wildman–Crippen MR) is 84.2 cm³/mol. The van der Waals surface area contributed by atoms with Crippen LogP contribution in [-0.4, -0.2) is 49.8 Å². The molecule has 1 aliphatic heterocycles. The van der Waals surface area contributed by atoms with Gasteiger partial charge in [-0.2, -0.15) is 0 Å². The van der Waals surface area contributed by atoms with Crippen molar-refractivity contribution in [2.75, 3.05) is 26.8 Å². The number of benzene rings is 1. The number of nitrogens with zero attached hydrogens (tertiary/aromatic N) is 1. The van der Waals surface area contributed by atoms with Crippen LogP contribution in [0.15, 0.2) is 24.3 Å². The summed E-state index contributed by atoms with van der Waals surface area (Å²) in [4.78, 5) is 13.8. The Labute approximate surface area is 135 Å². The number of para-hydroxylation sites is 1. The molecule has 7 heteroatoms. The molecule has 2 unspecified atom stereocenters. The van der Waals surface area contributed by atoms with E-state index in [-0.39, 0.29) is 31.0 Å². The van der Waals surface area contributed by atoms with E-state index in [1.807, 2.05) is 18.2 Å². The molecule has 0 saturated carbocycles. The van der Waals surface area contributed by atoms with Crippen molar-refractivity contribution in [2.45, 2.75) is 18.6 Å². The maximum atomic E-state index is 12.0. The molecule has 1 amide bonds. The van der Waals surface area contributed by atoms with Gasteiger partial charge in [0.05, 0.1) is 18.2 Å². The summed E-state index contributed by atoms with van der Waals surface area (Å²) in [6.45, 7) is 1.40. The van der Waals surface area contributed by atoms with Crippen LogP contribution in [0, 0.1) is 0 Å². The van der Waals surface area contributed by atoms with Crippen molar-refractivity contribution in [1.82, 2.24) is 4.90 Å². The number of amides is 1. The molecule has 0 aliphatic carbocycles. The lowest BCUT2D eigenvalue weighted by Gasteiger charge is -2.20. The first-order chi connectivity index (χ1) is 9.61. The van der Waals surface area contributed by atoms with Crippen molar-refractivity contribution in [1.29, 1.82) is 0 Å². The van der Waals surface area contributed by atoms with E-state index >= 15 is 0 Å². The number of methoxy groups -OCH3 is 1. The standard InChI is InChI=1S/C14H19ClN2O3.ClH/c1-19-9-12(16)14(18)17-7-6-10(8-17)20-13-5-3-2-4-11(13)15;/h2-5,10,12H,6-9,16H2,1H3;1H. The Bertz CT molecular complexity index is 473. The van der Waals surface area contributed by atoms with Crippen LogP contribution >= 0.6 is 24.0 Å². The third-order valence-electron chi connectivity index (χ3n) is 3.25. The van der Waals surface area contributed by atoms with Gasteiger partial charge in [-0.3, -0.25) is 4.79 Å². The van der Waals surface area contributed by atoms with Crippen molar-refractivity contribution < 1.29 is 14.3 Å². The molecule has 118 valence electrons. The van der Waals surface area contributed by atoms with Crippen LogP contribution in [0.1, 0.15) is 6.42 Å². The summed E-state index contributed by atoms with van der Waals surface area (Å²) in [5.74, 6) is 0.548. The lowest BCUT2D eigenvalue weighted by atomic mass is 10.3. The minimum absolute atomic E-state index is 0. The van der Waals surface area contributed by atoms with Crippen molar-refractivity contribution in [3.05, 3.63) is 29.3 Å². The van der Waals surface area contributed by atoms with Crippen LogP contribution in [0.2, 0.25) is 5.02 Å². The molecule has 21 heavy (non-hydrogen) atoms. The van der Waals surface area contributed by atoms with Gasteiger partial charge >= 0.3 is 0 Å². The van der Waals surface area contributed by atoms with E-state index in [9.17, 15) is 4.79 Å². The highest BCUT2D eigenvalue weighted by atomic mass is 35.5. The zero-order chi connectivity index (χ0) is 14.5. The molecule has 0 radical (unpaired) electrons. The Morgan fingerprint density at radius 3 is 2.90 bits per heavy atom. The minimum atomic E-state index is -0.612. The maximum absolute atomic E-state index is 12.0. The topological polar surface area (TPSA) is 64.8 Å². The van der Waals surface area contributed by atoms with Gasteiger partial charge in [-0.15, -0.1) is 12.4 Å². The first-order valence-electron chi connectivity index (χ1n) is 6.56. The summed E-state index contributed by atoms with van der Waals surface area (Å²) >= 11 is 6.05. The van der Waals surface area contributed by atoms with Crippen LogP contribution in [-0.2, 0) is 9.53 Å². The molecule has 2 N–H and O–H groups in total. The number of nitrogens with two attached hydrogens (primary N) is 1. The van der Waals surface area contributed by atoms with Crippen molar-refractivity contribution in [3.63, 3.8) is 0 Å². The highest BCUT2D eigenvalue weighted by molar-refractivity contribution is 6.32. The van der Waals surface area contributed by atoms with Crippen LogP contribution in [0.4, 0.5) is 0 Å². The van der Waals surface area contributed by atoms with E-state index in [0.717, 1.165) is 6.42 Å². The lowest BCUT2D eigenvalue weighted by molar-refractivity contribution is -0.132. The van der Waals surface area contributed by atoms with Gasteiger partial charge in [-0.05, 0) is 12.1 Å². The lowest BCUT2D eigenvalue weighted by Crippen LogP contribution is -2.45. The molecule has 1 fully saturated rings. The van der Waals surface area contributed by atoms with E-state index in [1.54, 1.807) is 11.0 Å². The SMILES string of the molecule is COCC(N)C(=O)N1CCC(Oc2ccccc2Cl)C1.Cl. The molecule has 0 aromatic heterocycles. The van der Waals surface area contributed by atoms with Gasteiger partial charge < -0.3 is 20.1 Å². The molecular formula is C14H20Cl2N2O3. The zero-order valence-electron chi connectivity index (χ0n) is 11.8. The van der Waals surface area contributed by atoms with Crippen LogP contribution in [0.25, 0.3) is 0 Å². The third kappa shape index (κ3) is 4.74. The average molecular weight is 335 g/mol. The van der Waals surface area contributed by atoms with Crippen molar-refractivity contribution in [3.8, 4) is 5.75 Å². The highest BCUT2D eigenvalue weighted by Gasteiger charge is 2.30. The zero-order valence-corrected chi connectivity index (χ0v) is 13.4. The molecule has 1 aromatic carbocycles. The van der Waals surface area contributed by atoms with E-state index in [2.05, 4.69) is 0 Å². The Hall–Kier alpha value is -1.01. The number of likely N-dealkylation sites (tertiary alicyclic amines) is 1. The summed E-state index contributed by atoms with van der Waals surface area (Å²) < 4.78 is 10.7. The first-order valence-corrected chi connectivity index (χ1v) is 6.94. The summed E-state index contributed by atoms with van der Waals surface area (Å²) in [6.07, 6.45) is 0.727. The normalized spacial score (nSPS) is 19.0. The van der Waals surface area contributed by atoms with E-state index < -0.39 is 6.04 Å². The smallest absolute Gasteiger partial charge is 0.242 e. The van der Waals surface area contributed by atoms with Gasteiger partial charge in [0.25, 0.3) is 0 Å². The largest absolute Gasteiger partial charge is 0.487 e. The van der Waals surface area contributed by atoms with Gasteiger partial charge in [0.2, 0.25) is 5.91 Å². The number of hydrogen-bond acceptors (Lipinski definition) is 4. The second kappa shape index (κ2) is 8.44. The van der Waals surface area contributed by atoms with Gasteiger partial charge in [0.1, 0.15) is 17.9 Å². The quantitative estimate of drug-likeness (QED) is 0.890. The molecular weight excluding hydrogens is 315 g/mol. The number of ether oxygens (including phenoxy) is 2. The van der Waals surface area contributed by atoms with Gasteiger partial charge in [0.15, 0.2) is 0 Å². The monoisotopic (exact) mass is 334 g/mol. The van der Waals surface area contributed by atoms with Gasteiger partial charge in [-0.25, -0.2) is 0 Å². The van der Waals surface area contributed by atoms with Crippen molar-refractivity contribution >= 4 is 29.9 Å². The molecule has 0 bridgehead atoms. The minimum Gasteiger partial charge on any atom is -0.487 e. The Morgan fingerprint density at radius 1 is 1.52 bits per heavy atom. The fraction of sp³-hybridized carbons (Fsp3) is 0.500. The number of hydrogen-bond donors (Lipinski definition) is 1. The molecule has 2 rings (SSSR count). The van der Waals surface area contributed by atoms with Gasteiger partial charge in [0, 0.05) is 20.1 Å². The van der Waals surface area contributed by atoms with Crippen molar-refractivity contribution in [2.24, 2.45) is 5.73 Å². The average Bonchev–Trinajstić information content (AvgIpc) is 2.89. The molecule has 2 atom stereocenters. The van der Waals surface area contributed by atoms with Crippen LogP contribution in [0.3, 0.4) is 0 Å². The molecule has 5 nitrogen and oxygen atoms in total. The van der Waals surface area contributed by atoms with Crippen LogP contribution < -0.4 is 10.5 Å². The predicted octanol–water partition coefficient (Wildman–Crippen LogP) is 1.72. The van der Waals surface area contributed by atoms with E-state index in [4.69, 9.17) is 26.8 Å². The number of halogens is 2. The van der Waals surface area contributed by atoms with Gasteiger partial charge in [-0.1, -0.05) is 23.7 Å². The van der Waals surface area contributed by atoms with E-state index in [0.29, 0.717) is 23.9 Å². The first kappa shape index (κ1) is 18.0. The molecule has 1 aromatic rings. The molecule has 1 heterocycles. The Kier molecular flexibility index (Phi) is 7.25. The maximum Gasteiger partial charge on any atom is 0.242 e. The third-order valence-corrected chi connectivity index (χ3v) is 3.56. The fourth-order valence-corrected chi connectivity index (χ4v) is 2.41. The Balaban J connectivity index is 0.00000220. The summed E-state index contributed by atoms with van der Waals surface area (Å²) in [5, 5.41) is 0.577. The fourth-order valence-electron chi connectivity index (χ4n) is 2.23. The summed E-state index contributed by atoms with van der Waals surface area (Å²) in [5.41, 5.74) is 5.75.